The van der Waals surface area contributed by atoms with Crippen LogP contribution in [0.1, 0.15) is 64.2 Å². The molecule has 40 heavy (non-hydrogen) atoms. The van der Waals surface area contributed by atoms with Crippen molar-refractivity contribution < 1.29 is 59.0 Å². The molecule has 2 amide bonds. The van der Waals surface area contributed by atoms with Gasteiger partial charge in [-0.3, -0.25) is 9.59 Å². The summed E-state index contributed by atoms with van der Waals surface area (Å²) in [6.07, 6.45) is -2.55. The number of aliphatic hydroxyl groups is 5. The van der Waals surface area contributed by atoms with Crippen LogP contribution in [0.2, 0.25) is 0 Å². The molecule has 0 radical (unpaired) electrons. The highest BCUT2D eigenvalue weighted by Gasteiger charge is 2.43. The third-order valence-electron chi connectivity index (χ3n) is 7.44. The topological polar surface area (TPSA) is 196 Å². The quantitative estimate of drug-likeness (QED) is 0.106. The van der Waals surface area contributed by atoms with Crippen molar-refractivity contribution in [2.24, 2.45) is 0 Å². The summed E-state index contributed by atoms with van der Waals surface area (Å²) in [6.45, 7) is 2.21. The van der Waals surface area contributed by atoms with E-state index in [9.17, 15) is 39.9 Å². The summed E-state index contributed by atoms with van der Waals surface area (Å²) in [5, 5.41) is 50.3. The lowest BCUT2D eigenvalue weighted by atomic mass is 9.93. The number of hydrogen-bond donors (Lipinski definition) is 5. The number of carbonyl (C=O) groups is 3. The van der Waals surface area contributed by atoms with E-state index >= 15 is 0 Å². The molecule has 14 heteroatoms. The van der Waals surface area contributed by atoms with Gasteiger partial charge in [-0.2, -0.15) is 0 Å². The van der Waals surface area contributed by atoms with Gasteiger partial charge in [0.15, 0.2) is 6.29 Å². The molecule has 0 spiro atoms. The second-order valence-electron chi connectivity index (χ2n) is 10.5. The Kier molecular flexibility index (Phi) is 13.6. The van der Waals surface area contributed by atoms with Gasteiger partial charge in [0.2, 0.25) is 0 Å². The van der Waals surface area contributed by atoms with Gasteiger partial charge in [0.1, 0.15) is 30.5 Å². The lowest BCUT2D eigenvalue weighted by Gasteiger charge is -2.40. The lowest BCUT2D eigenvalue weighted by molar-refractivity contribution is -0.230. The van der Waals surface area contributed by atoms with Crippen molar-refractivity contribution in [3.8, 4) is 0 Å². The molecule has 230 valence electrons. The molecular formula is C26H44N2O12. The van der Waals surface area contributed by atoms with Gasteiger partial charge in [0, 0.05) is 32.4 Å². The minimum Gasteiger partial charge on any atom is -0.394 e. The van der Waals surface area contributed by atoms with Crippen LogP contribution in [0, 0.1) is 0 Å². The first-order valence-corrected chi connectivity index (χ1v) is 14.2. The number of ether oxygens (including phenoxy) is 3. The van der Waals surface area contributed by atoms with Gasteiger partial charge in [-0.1, -0.05) is 6.42 Å². The third-order valence-corrected chi connectivity index (χ3v) is 7.44. The number of aliphatic hydroxyl groups excluding tert-OH is 5. The van der Waals surface area contributed by atoms with Gasteiger partial charge in [-0.25, -0.2) is 4.79 Å². The summed E-state index contributed by atoms with van der Waals surface area (Å²) in [5.41, 5.74) is 0. The average molecular weight is 577 g/mol. The highest BCUT2D eigenvalue weighted by atomic mass is 16.7. The van der Waals surface area contributed by atoms with Gasteiger partial charge in [0.25, 0.3) is 11.8 Å². The Hall–Kier alpha value is -1.75. The van der Waals surface area contributed by atoms with Gasteiger partial charge in [-0.15, -0.1) is 5.06 Å². The molecule has 5 N–H and O–H groups in total. The smallest absolute Gasteiger partial charge is 0.333 e. The average Bonchev–Trinajstić information content (AvgIpc) is 3.25. The molecule has 3 aliphatic rings. The van der Waals surface area contributed by atoms with E-state index in [4.69, 9.17) is 19.0 Å². The van der Waals surface area contributed by atoms with Crippen LogP contribution in [0.25, 0.3) is 0 Å². The molecule has 14 nitrogen and oxygen atoms in total. The Bertz CT molecular complexity index is 799. The zero-order valence-corrected chi connectivity index (χ0v) is 22.8. The van der Waals surface area contributed by atoms with Crippen LogP contribution in [-0.2, 0) is 33.4 Å². The first-order valence-electron chi connectivity index (χ1n) is 14.2. The van der Waals surface area contributed by atoms with E-state index in [1.54, 1.807) is 0 Å². The second-order valence-corrected chi connectivity index (χ2v) is 10.5. The number of unbranched alkanes of at least 4 members (excludes halogenated alkanes) is 2. The van der Waals surface area contributed by atoms with E-state index in [-0.39, 0.29) is 19.3 Å². The molecule has 3 aliphatic heterocycles. The van der Waals surface area contributed by atoms with Crippen LogP contribution < -0.4 is 0 Å². The van der Waals surface area contributed by atoms with Crippen molar-refractivity contribution in [3.63, 3.8) is 0 Å². The molecule has 5 unspecified atom stereocenters. The minimum absolute atomic E-state index is 0.0495. The molecule has 0 aromatic carbocycles. The van der Waals surface area contributed by atoms with E-state index in [2.05, 4.69) is 4.90 Å². The lowest BCUT2D eigenvalue weighted by Crippen LogP contribution is -2.58. The fraction of sp³-hybridized carbons (Fsp3) is 0.885. The Morgan fingerprint density at radius 3 is 2.33 bits per heavy atom. The molecule has 3 rings (SSSR count). The Balaban J connectivity index is 1.41. The van der Waals surface area contributed by atoms with Crippen molar-refractivity contribution in [1.29, 1.82) is 0 Å². The second kappa shape index (κ2) is 16.6. The third kappa shape index (κ3) is 9.67. The van der Waals surface area contributed by atoms with Crippen LogP contribution in [-0.4, -0.2) is 136 Å². The van der Waals surface area contributed by atoms with E-state index in [0.717, 1.165) is 12.8 Å². The fourth-order valence-electron chi connectivity index (χ4n) is 5.05. The molecule has 0 saturated carbocycles. The standard InChI is InChI=1S/C26H44N2O12/c29-16-19-24(35)25(36)23(34)18(39-19)7-4-12-27(13-15-38-26-17(30)6-5-14-37-26)11-3-1-2-8-22(33)40-28-20(31)9-10-21(28)32/h17-19,23-26,29-30,34-36H,1-16H2/t17?,18-,19?,23?,24-,25?,26?/m1/s1. The summed E-state index contributed by atoms with van der Waals surface area (Å²) >= 11 is 0. The molecule has 0 aromatic rings. The van der Waals surface area contributed by atoms with Gasteiger partial charge >= 0.3 is 5.97 Å². The summed E-state index contributed by atoms with van der Waals surface area (Å²) in [5.74, 6) is -1.64. The first kappa shape index (κ1) is 32.8. The molecule has 3 fully saturated rings. The summed E-state index contributed by atoms with van der Waals surface area (Å²) in [7, 11) is 0. The Morgan fingerprint density at radius 1 is 0.925 bits per heavy atom. The highest BCUT2D eigenvalue weighted by Crippen LogP contribution is 2.24. The number of hydroxylamine groups is 2. The van der Waals surface area contributed by atoms with E-state index in [0.29, 0.717) is 70.0 Å². The Morgan fingerprint density at radius 2 is 1.62 bits per heavy atom. The number of imide groups is 1. The summed E-state index contributed by atoms with van der Waals surface area (Å²) in [6, 6.07) is 0. The molecule has 3 saturated heterocycles. The van der Waals surface area contributed by atoms with Gasteiger partial charge in [0.05, 0.1) is 19.3 Å². The number of hydrogen-bond acceptors (Lipinski definition) is 13. The van der Waals surface area contributed by atoms with E-state index in [1.165, 1.54) is 0 Å². The minimum atomic E-state index is -1.41. The predicted molar refractivity (Wildman–Crippen MR) is 136 cm³/mol. The predicted octanol–water partition coefficient (Wildman–Crippen LogP) is -1.41. The van der Waals surface area contributed by atoms with Gasteiger partial charge < -0.3 is 49.5 Å². The van der Waals surface area contributed by atoms with Crippen LogP contribution in [0.4, 0.5) is 0 Å². The van der Waals surface area contributed by atoms with Crippen LogP contribution in [0.15, 0.2) is 0 Å². The zero-order valence-electron chi connectivity index (χ0n) is 22.8. The maximum absolute atomic E-state index is 12.0. The van der Waals surface area contributed by atoms with Crippen LogP contribution in [0.3, 0.4) is 0 Å². The van der Waals surface area contributed by atoms with E-state index in [1.807, 2.05) is 0 Å². The molecule has 0 aliphatic carbocycles. The monoisotopic (exact) mass is 576 g/mol. The van der Waals surface area contributed by atoms with Crippen LogP contribution in [0.5, 0.6) is 0 Å². The van der Waals surface area contributed by atoms with Crippen LogP contribution >= 0.6 is 0 Å². The zero-order chi connectivity index (χ0) is 29.1. The van der Waals surface area contributed by atoms with E-state index < -0.39 is 67.3 Å². The highest BCUT2D eigenvalue weighted by molar-refractivity contribution is 6.01. The number of nitrogens with zero attached hydrogens (tertiary/aromatic N) is 2. The summed E-state index contributed by atoms with van der Waals surface area (Å²) in [4.78, 5) is 42.2. The number of rotatable bonds is 16. The molecular weight excluding hydrogens is 532 g/mol. The first-order chi connectivity index (χ1) is 19.2. The van der Waals surface area contributed by atoms with Gasteiger partial charge in [-0.05, 0) is 51.6 Å². The van der Waals surface area contributed by atoms with Crippen molar-refractivity contribution in [2.45, 2.75) is 107 Å². The largest absolute Gasteiger partial charge is 0.394 e. The summed E-state index contributed by atoms with van der Waals surface area (Å²) < 4.78 is 16.8. The molecule has 0 aromatic heterocycles. The van der Waals surface area contributed by atoms with Crippen molar-refractivity contribution in [1.82, 2.24) is 9.96 Å². The SMILES string of the molecule is O=C(CCCCCN(CCC[C@H]1OC(CO)[C@@H](O)C(O)C1O)CCOC1OCCCC1O)ON1C(=O)CCC1=O. The molecule has 0 bridgehead atoms. The van der Waals surface area contributed by atoms with Crippen molar-refractivity contribution in [2.75, 3.05) is 39.5 Å². The van der Waals surface area contributed by atoms with Crippen molar-refractivity contribution in [3.05, 3.63) is 0 Å². The fourth-order valence-corrected chi connectivity index (χ4v) is 5.05. The molecule has 3 heterocycles. The Labute approximate surface area is 233 Å². The maximum atomic E-state index is 12.0. The maximum Gasteiger partial charge on any atom is 0.333 e. The van der Waals surface area contributed by atoms with Crippen molar-refractivity contribution >= 4 is 17.8 Å². The normalized spacial score (nSPS) is 31.2. The number of carbonyl (C=O) groups excluding carboxylic acids is 3. The molecule has 7 atom stereocenters. The number of amides is 2.